The number of piperidine rings is 1. The summed E-state index contributed by atoms with van der Waals surface area (Å²) in [6, 6.07) is 6.64. The van der Waals surface area contributed by atoms with E-state index in [4.69, 9.17) is 5.73 Å². The number of rotatable bonds is 3. The van der Waals surface area contributed by atoms with Crippen LogP contribution in [0.25, 0.3) is 0 Å². The molecule has 0 aliphatic carbocycles. The minimum atomic E-state index is 0.638. The molecule has 0 aromatic heterocycles. The zero-order valence-electron chi connectivity index (χ0n) is 11.9. The van der Waals surface area contributed by atoms with Crippen LogP contribution in [-0.2, 0) is 13.1 Å². The molecule has 0 spiro atoms. The number of benzene rings is 1. The van der Waals surface area contributed by atoms with E-state index in [-0.39, 0.29) is 0 Å². The summed E-state index contributed by atoms with van der Waals surface area (Å²) >= 11 is 0. The number of nitrogens with zero attached hydrogens (tertiary/aromatic N) is 1. The predicted molar refractivity (Wildman–Crippen MR) is 77.3 cm³/mol. The summed E-state index contributed by atoms with van der Waals surface area (Å²) < 4.78 is 0. The van der Waals surface area contributed by atoms with Gasteiger partial charge in [-0.05, 0) is 48.4 Å². The smallest absolute Gasteiger partial charge is 0.0236 e. The van der Waals surface area contributed by atoms with E-state index in [9.17, 15) is 0 Å². The highest BCUT2D eigenvalue weighted by atomic mass is 15.1. The van der Waals surface area contributed by atoms with Gasteiger partial charge in [0.15, 0.2) is 0 Å². The Labute approximate surface area is 111 Å². The third-order valence-corrected chi connectivity index (χ3v) is 4.45. The highest BCUT2D eigenvalue weighted by Gasteiger charge is 2.22. The van der Waals surface area contributed by atoms with Crippen molar-refractivity contribution < 1.29 is 0 Å². The van der Waals surface area contributed by atoms with E-state index in [0.717, 1.165) is 18.4 Å². The second-order valence-corrected chi connectivity index (χ2v) is 5.94. The molecule has 2 unspecified atom stereocenters. The zero-order chi connectivity index (χ0) is 13.1. The number of aryl methyl sites for hydroxylation is 1. The number of nitrogens with two attached hydrogens (primary N) is 1. The zero-order valence-corrected chi connectivity index (χ0v) is 11.9. The van der Waals surface area contributed by atoms with Gasteiger partial charge in [0.25, 0.3) is 0 Å². The molecule has 2 rings (SSSR count). The van der Waals surface area contributed by atoms with Crippen LogP contribution in [0.1, 0.15) is 37.0 Å². The summed E-state index contributed by atoms with van der Waals surface area (Å²) in [5.41, 5.74) is 9.74. The Morgan fingerprint density at radius 3 is 2.67 bits per heavy atom. The minimum absolute atomic E-state index is 0.638. The van der Waals surface area contributed by atoms with E-state index in [2.05, 4.69) is 43.9 Å². The first kappa shape index (κ1) is 13.6. The standard InChI is InChI=1S/C16H26N2/c1-12-6-7-18(10-14(12)3)11-16-5-4-15(9-17)8-13(16)2/h4-5,8,12,14H,6-7,9-11,17H2,1-3H3. The van der Waals surface area contributed by atoms with Crippen LogP contribution in [0.5, 0.6) is 0 Å². The van der Waals surface area contributed by atoms with Crippen LogP contribution in [0.4, 0.5) is 0 Å². The molecule has 0 bridgehead atoms. The molecule has 1 heterocycles. The second-order valence-electron chi connectivity index (χ2n) is 5.94. The Hall–Kier alpha value is -0.860. The van der Waals surface area contributed by atoms with E-state index in [1.54, 1.807) is 0 Å². The first-order chi connectivity index (χ1) is 8.60. The first-order valence-electron chi connectivity index (χ1n) is 7.11. The third kappa shape index (κ3) is 3.12. The third-order valence-electron chi connectivity index (χ3n) is 4.45. The van der Waals surface area contributed by atoms with E-state index in [1.165, 1.54) is 36.2 Å². The summed E-state index contributed by atoms with van der Waals surface area (Å²) in [7, 11) is 0. The van der Waals surface area contributed by atoms with Crippen LogP contribution in [0.2, 0.25) is 0 Å². The maximum Gasteiger partial charge on any atom is 0.0236 e. The van der Waals surface area contributed by atoms with Crippen molar-refractivity contribution in [3.05, 3.63) is 34.9 Å². The number of hydrogen-bond acceptors (Lipinski definition) is 2. The minimum Gasteiger partial charge on any atom is -0.326 e. The van der Waals surface area contributed by atoms with E-state index in [1.807, 2.05) is 0 Å². The molecule has 18 heavy (non-hydrogen) atoms. The van der Waals surface area contributed by atoms with Crippen molar-refractivity contribution >= 4 is 0 Å². The van der Waals surface area contributed by atoms with Crippen molar-refractivity contribution in [2.75, 3.05) is 13.1 Å². The molecule has 2 heteroatoms. The van der Waals surface area contributed by atoms with Gasteiger partial charge in [-0.1, -0.05) is 32.0 Å². The van der Waals surface area contributed by atoms with Gasteiger partial charge in [-0.2, -0.15) is 0 Å². The van der Waals surface area contributed by atoms with Crippen LogP contribution in [0.3, 0.4) is 0 Å². The van der Waals surface area contributed by atoms with Gasteiger partial charge in [0.05, 0.1) is 0 Å². The fraction of sp³-hybridized carbons (Fsp3) is 0.625. The molecule has 1 aromatic rings. The van der Waals surface area contributed by atoms with Crippen LogP contribution >= 0.6 is 0 Å². The Bertz CT molecular complexity index is 400. The lowest BCUT2D eigenvalue weighted by Gasteiger charge is -2.35. The van der Waals surface area contributed by atoms with Crippen LogP contribution in [0, 0.1) is 18.8 Å². The monoisotopic (exact) mass is 246 g/mol. The van der Waals surface area contributed by atoms with Crippen molar-refractivity contribution in [3.8, 4) is 0 Å². The molecule has 2 nitrogen and oxygen atoms in total. The van der Waals surface area contributed by atoms with E-state index >= 15 is 0 Å². The van der Waals surface area contributed by atoms with Gasteiger partial charge in [-0.25, -0.2) is 0 Å². The molecular formula is C16H26N2. The Morgan fingerprint density at radius 1 is 1.28 bits per heavy atom. The lowest BCUT2D eigenvalue weighted by Crippen LogP contribution is -2.37. The molecule has 1 saturated heterocycles. The van der Waals surface area contributed by atoms with Crippen molar-refractivity contribution in [2.24, 2.45) is 17.6 Å². The summed E-state index contributed by atoms with van der Waals surface area (Å²) in [6.45, 7) is 11.2. The van der Waals surface area contributed by atoms with Crippen molar-refractivity contribution in [1.29, 1.82) is 0 Å². The molecule has 0 amide bonds. The van der Waals surface area contributed by atoms with Gasteiger partial charge in [-0.3, -0.25) is 4.90 Å². The molecule has 1 aliphatic heterocycles. The topological polar surface area (TPSA) is 29.3 Å². The van der Waals surface area contributed by atoms with Gasteiger partial charge in [0.2, 0.25) is 0 Å². The van der Waals surface area contributed by atoms with Crippen LogP contribution < -0.4 is 5.73 Å². The number of hydrogen-bond donors (Lipinski definition) is 1. The summed E-state index contributed by atoms with van der Waals surface area (Å²) in [5, 5.41) is 0. The largest absolute Gasteiger partial charge is 0.326 e. The molecule has 0 radical (unpaired) electrons. The Balaban J connectivity index is 2.01. The van der Waals surface area contributed by atoms with E-state index in [0.29, 0.717) is 6.54 Å². The quantitative estimate of drug-likeness (QED) is 0.888. The first-order valence-corrected chi connectivity index (χ1v) is 7.11. The van der Waals surface area contributed by atoms with Crippen molar-refractivity contribution in [3.63, 3.8) is 0 Å². The molecule has 2 N–H and O–H groups in total. The Morgan fingerprint density at radius 2 is 2.06 bits per heavy atom. The van der Waals surface area contributed by atoms with Crippen LogP contribution in [0.15, 0.2) is 18.2 Å². The lowest BCUT2D eigenvalue weighted by molar-refractivity contribution is 0.132. The Kier molecular flexibility index (Phi) is 4.41. The highest BCUT2D eigenvalue weighted by molar-refractivity contribution is 5.31. The second kappa shape index (κ2) is 5.85. The summed E-state index contributed by atoms with van der Waals surface area (Å²) in [4.78, 5) is 2.59. The summed E-state index contributed by atoms with van der Waals surface area (Å²) in [6.07, 6.45) is 1.33. The average Bonchev–Trinajstić information content (AvgIpc) is 2.36. The fourth-order valence-electron chi connectivity index (χ4n) is 2.80. The van der Waals surface area contributed by atoms with Gasteiger partial charge < -0.3 is 5.73 Å². The lowest BCUT2D eigenvalue weighted by atomic mass is 9.88. The van der Waals surface area contributed by atoms with Gasteiger partial charge in [-0.15, -0.1) is 0 Å². The van der Waals surface area contributed by atoms with Crippen molar-refractivity contribution in [1.82, 2.24) is 4.90 Å². The molecule has 1 fully saturated rings. The van der Waals surface area contributed by atoms with Crippen LogP contribution in [-0.4, -0.2) is 18.0 Å². The SMILES string of the molecule is Cc1cc(CN)ccc1CN1CCC(C)C(C)C1. The summed E-state index contributed by atoms with van der Waals surface area (Å²) in [5.74, 6) is 1.70. The maximum atomic E-state index is 5.68. The molecule has 0 saturated carbocycles. The molecule has 1 aliphatic rings. The normalized spacial score (nSPS) is 25.3. The van der Waals surface area contributed by atoms with Crippen molar-refractivity contribution in [2.45, 2.75) is 40.3 Å². The molecule has 2 atom stereocenters. The van der Waals surface area contributed by atoms with Gasteiger partial charge in [0.1, 0.15) is 0 Å². The van der Waals surface area contributed by atoms with Gasteiger partial charge in [0, 0.05) is 19.6 Å². The fourth-order valence-corrected chi connectivity index (χ4v) is 2.80. The maximum absolute atomic E-state index is 5.68. The average molecular weight is 246 g/mol. The highest BCUT2D eigenvalue weighted by Crippen LogP contribution is 2.24. The number of likely N-dealkylation sites (tertiary alicyclic amines) is 1. The molecule has 1 aromatic carbocycles. The predicted octanol–water partition coefficient (Wildman–Crippen LogP) is 2.93. The molecule has 100 valence electrons. The van der Waals surface area contributed by atoms with E-state index < -0.39 is 0 Å². The van der Waals surface area contributed by atoms with Gasteiger partial charge >= 0.3 is 0 Å². The molecular weight excluding hydrogens is 220 g/mol.